The maximum atomic E-state index is 5.36. The second kappa shape index (κ2) is 4.99. The van der Waals surface area contributed by atoms with Crippen LogP contribution in [0.3, 0.4) is 0 Å². The second-order valence-corrected chi connectivity index (χ2v) is 3.26. The monoisotopic (exact) mass is 161 g/mol. The molecule has 0 aliphatic heterocycles. The predicted octanol–water partition coefficient (Wildman–Crippen LogP) is 1.60. The first kappa shape index (κ1) is 9.33. The van der Waals surface area contributed by atoms with Crippen LogP contribution in [0, 0.1) is 5.92 Å². The highest BCUT2D eigenvalue weighted by Crippen LogP contribution is 1.91. The van der Waals surface area contributed by atoms with Gasteiger partial charge in [-0.15, -0.1) is 0 Å². The summed E-state index contributed by atoms with van der Waals surface area (Å²) < 4.78 is 5.36. The van der Waals surface area contributed by atoms with Crippen LogP contribution in [-0.2, 0) is 4.65 Å². The molecule has 1 aromatic carbocycles. The lowest BCUT2D eigenvalue weighted by atomic mass is 9.88. The highest BCUT2D eigenvalue weighted by atomic mass is 16.4. The molecule has 0 heterocycles. The van der Waals surface area contributed by atoms with Gasteiger partial charge in [0.2, 0.25) is 0 Å². The van der Waals surface area contributed by atoms with Crippen molar-refractivity contribution in [3.8, 4) is 0 Å². The van der Waals surface area contributed by atoms with Crippen molar-refractivity contribution in [2.24, 2.45) is 5.92 Å². The van der Waals surface area contributed by atoms with E-state index in [9.17, 15) is 0 Å². The molecule has 12 heavy (non-hydrogen) atoms. The van der Waals surface area contributed by atoms with Gasteiger partial charge in [0.25, 0.3) is 0 Å². The number of rotatable bonds is 4. The summed E-state index contributed by atoms with van der Waals surface area (Å²) in [6.45, 7) is 5.06. The molecule has 0 aromatic heterocycles. The molecule has 0 amide bonds. The van der Waals surface area contributed by atoms with E-state index in [1.54, 1.807) is 7.48 Å². The Morgan fingerprint density at radius 1 is 1.25 bits per heavy atom. The third kappa shape index (κ3) is 3.58. The lowest BCUT2D eigenvalue weighted by molar-refractivity contribution is 0.289. The van der Waals surface area contributed by atoms with Crippen LogP contribution < -0.4 is 5.46 Å². The zero-order valence-electron chi connectivity index (χ0n) is 7.66. The third-order valence-corrected chi connectivity index (χ3v) is 1.45. The highest BCUT2D eigenvalue weighted by molar-refractivity contribution is 6.46. The van der Waals surface area contributed by atoms with E-state index in [-0.39, 0.29) is 0 Å². The van der Waals surface area contributed by atoms with Crippen molar-refractivity contribution in [2.45, 2.75) is 13.8 Å². The molecule has 0 saturated carbocycles. The van der Waals surface area contributed by atoms with Crippen LogP contribution in [0.4, 0.5) is 0 Å². The van der Waals surface area contributed by atoms with Crippen molar-refractivity contribution in [1.29, 1.82) is 0 Å². The van der Waals surface area contributed by atoms with Gasteiger partial charge < -0.3 is 4.65 Å². The van der Waals surface area contributed by atoms with Gasteiger partial charge in [-0.2, -0.15) is 0 Å². The number of hydrogen-bond donors (Lipinski definition) is 0. The molecule has 0 saturated heterocycles. The maximum absolute atomic E-state index is 5.36. The Hall–Kier alpha value is -0.755. The summed E-state index contributed by atoms with van der Waals surface area (Å²) in [5, 5.41) is 0. The molecule has 63 valence electrons. The molecule has 0 aliphatic rings. The SMILES string of the molecule is CC(C)CO[B]c1ccccc1. The Labute approximate surface area is 75.0 Å². The average molecular weight is 161 g/mol. The first-order valence-corrected chi connectivity index (χ1v) is 4.29. The molecule has 1 nitrogen and oxygen atoms in total. The summed E-state index contributed by atoms with van der Waals surface area (Å²) in [6, 6.07) is 10.1. The molecular weight excluding hydrogens is 147 g/mol. The van der Waals surface area contributed by atoms with Crippen LogP contribution in [0.15, 0.2) is 30.3 Å². The molecule has 1 rings (SSSR count). The van der Waals surface area contributed by atoms with Crippen molar-refractivity contribution in [3.05, 3.63) is 30.3 Å². The van der Waals surface area contributed by atoms with Crippen LogP contribution in [0.25, 0.3) is 0 Å². The Morgan fingerprint density at radius 3 is 2.50 bits per heavy atom. The van der Waals surface area contributed by atoms with Gasteiger partial charge in [0.1, 0.15) is 0 Å². The highest BCUT2D eigenvalue weighted by Gasteiger charge is 1.97. The Bertz CT molecular complexity index is 208. The summed E-state index contributed by atoms with van der Waals surface area (Å²) in [7, 11) is 1.81. The summed E-state index contributed by atoms with van der Waals surface area (Å²) in [4.78, 5) is 0. The van der Waals surface area contributed by atoms with E-state index in [1.807, 2.05) is 30.3 Å². The minimum Gasteiger partial charge on any atom is -0.434 e. The Kier molecular flexibility index (Phi) is 3.88. The van der Waals surface area contributed by atoms with Gasteiger partial charge >= 0.3 is 7.48 Å². The van der Waals surface area contributed by atoms with Crippen molar-refractivity contribution in [2.75, 3.05) is 6.61 Å². The van der Waals surface area contributed by atoms with E-state index in [4.69, 9.17) is 4.65 Å². The van der Waals surface area contributed by atoms with Crippen LogP contribution in [-0.4, -0.2) is 14.1 Å². The van der Waals surface area contributed by atoms with Crippen molar-refractivity contribution < 1.29 is 4.65 Å². The fourth-order valence-electron chi connectivity index (χ4n) is 0.868. The van der Waals surface area contributed by atoms with Crippen LogP contribution >= 0.6 is 0 Å². The van der Waals surface area contributed by atoms with E-state index >= 15 is 0 Å². The molecule has 0 aliphatic carbocycles. The quantitative estimate of drug-likeness (QED) is 0.609. The molecule has 2 heteroatoms. The van der Waals surface area contributed by atoms with Gasteiger partial charge in [0.05, 0.1) is 0 Å². The van der Waals surface area contributed by atoms with Crippen LogP contribution in [0.2, 0.25) is 0 Å². The third-order valence-electron chi connectivity index (χ3n) is 1.45. The molecule has 0 fully saturated rings. The fraction of sp³-hybridized carbons (Fsp3) is 0.400. The smallest absolute Gasteiger partial charge is 0.329 e. The largest absolute Gasteiger partial charge is 0.434 e. The zero-order chi connectivity index (χ0) is 8.81. The molecule has 0 bridgehead atoms. The summed E-state index contributed by atoms with van der Waals surface area (Å²) in [5.41, 5.74) is 1.12. The minimum absolute atomic E-state index is 0.588. The normalized spacial score (nSPS) is 10.2. The van der Waals surface area contributed by atoms with Crippen LogP contribution in [0.1, 0.15) is 13.8 Å². The first-order chi connectivity index (χ1) is 5.79. The fourth-order valence-corrected chi connectivity index (χ4v) is 0.868. The first-order valence-electron chi connectivity index (χ1n) is 4.29. The summed E-state index contributed by atoms with van der Waals surface area (Å²) in [6.07, 6.45) is 0. The summed E-state index contributed by atoms with van der Waals surface area (Å²) in [5.74, 6) is 0.588. The summed E-state index contributed by atoms with van der Waals surface area (Å²) >= 11 is 0. The number of hydrogen-bond acceptors (Lipinski definition) is 1. The van der Waals surface area contributed by atoms with E-state index in [1.165, 1.54) is 0 Å². The molecule has 1 aromatic rings. The molecule has 1 radical (unpaired) electrons. The second-order valence-electron chi connectivity index (χ2n) is 3.26. The Morgan fingerprint density at radius 2 is 1.92 bits per heavy atom. The predicted molar refractivity (Wildman–Crippen MR) is 52.6 cm³/mol. The molecular formula is C10H14BO. The van der Waals surface area contributed by atoms with Crippen molar-refractivity contribution in [1.82, 2.24) is 0 Å². The van der Waals surface area contributed by atoms with E-state index in [0.29, 0.717) is 5.92 Å². The molecule has 0 unspecified atom stereocenters. The standard InChI is InChI=1S/C10H14BO/c1-9(2)8-12-11-10-6-4-3-5-7-10/h3-7,9H,8H2,1-2H3. The number of benzene rings is 1. The van der Waals surface area contributed by atoms with Crippen molar-refractivity contribution in [3.63, 3.8) is 0 Å². The topological polar surface area (TPSA) is 9.23 Å². The molecule has 0 spiro atoms. The Balaban J connectivity index is 2.25. The minimum atomic E-state index is 0.588. The molecule has 0 N–H and O–H groups in total. The van der Waals surface area contributed by atoms with Gasteiger partial charge in [-0.1, -0.05) is 49.6 Å². The lowest BCUT2D eigenvalue weighted by Gasteiger charge is -2.04. The van der Waals surface area contributed by atoms with Gasteiger partial charge in [-0.3, -0.25) is 0 Å². The van der Waals surface area contributed by atoms with Gasteiger partial charge in [-0.05, 0) is 5.92 Å². The lowest BCUT2D eigenvalue weighted by Crippen LogP contribution is -2.18. The van der Waals surface area contributed by atoms with Crippen LogP contribution in [0.5, 0.6) is 0 Å². The van der Waals surface area contributed by atoms with Gasteiger partial charge in [0.15, 0.2) is 0 Å². The average Bonchev–Trinajstić information content (AvgIpc) is 2.05. The van der Waals surface area contributed by atoms with E-state index in [2.05, 4.69) is 13.8 Å². The van der Waals surface area contributed by atoms with E-state index < -0.39 is 0 Å². The maximum Gasteiger partial charge on any atom is 0.329 e. The van der Waals surface area contributed by atoms with Crippen molar-refractivity contribution >= 4 is 12.9 Å². The van der Waals surface area contributed by atoms with Gasteiger partial charge in [0, 0.05) is 6.61 Å². The zero-order valence-corrected chi connectivity index (χ0v) is 7.66. The van der Waals surface area contributed by atoms with E-state index in [0.717, 1.165) is 12.1 Å². The molecule has 0 atom stereocenters. The van der Waals surface area contributed by atoms with Gasteiger partial charge in [-0.25, -0.2) is 0 Å².